The minimum atomic E-state index is -0.763. The average Bonchev–Trinajstić information content (AvgIpc) is 3.19. The van der Waals surface area contributed by atoms with Crippen molar-refractivity contribution in [2.24, 2.45) is 17.8 Å². The van der Waals surface area contributed by atoms with E-state index < -0.39 is 6.10 Å². The fourth-order valence-corrected chi connectivity index (χ4v) is 7.73. The van der Waals surface area contributed by atoms with Gasteiger partial charge in [0, 0.05) is 19.3 Å². The van der Waals surface area contributed by atoms with E-state index in [0.717, 1.165) is 75.5 Å². The van der Waals surface area contributed by atoms with Gasteiger partial charge in [-0.3, -0.25) is 14.4 Å². The van der Waals surface area contributed by atoms with E-state index in [-0.39, 0.29) is 31.1 Å². The molecule has 0 heterocycles. The van der Waals surface area contributed by atoms with Crippen LogP contribution in [0.2, 0.25) is 0 Å². The molecule has 0 amide bonds. The van der Waals surface area contributed by atoms with Gasteiger partial charge < -0.3 is 14.2 Å². The summed E-state index contributed by atoms with van der Waals surface area (Å²) in [4.78, 5) is 37.9. The summed E-state index contributed by atoms with van der Waals surface area (Å²) < 4.78 is 16.8. The van der Waals surface area contributed by atoms with E-state index in [0.29, 0.717) is 19.3 Å². The number of esters is 3. The molecule has 0 aliphatic rings. The van der Waals surface area contributed by atoms with Gasteiger partial charge in [0.25, 0.3) is 0 Å². The van der Waals surface area contributed by atoms with Gasteiger partial charge in [0.1, 0.15) is 13.2 Å². The van der Waals surface area contributed by atoms with Gasteiger partial charge in [0.2, 0.25) is 0 Å². The van der Waals surface area contributed by atoms with E-state index >= 15 is 0 Å². The summed E-state index contributed by atoms with van der Waals surface area (Å²) in [5.74, 6) is 1.65. The minimum absolute atomic E-state index is 0.0651. The SMILES string of the molecule is CCC(C)CCCCCCCCCCCCC(=O)O[C@@H](COC(=O)CCCCCCCCCCCCCC(C)C)COC(=O)CCCCCCCCCCCC(C)C. The standard InChI is InChI=1S/C52H100O6/c1-7-48(6)40-34-28-22-16-11-12-18-25-31-37-43-52(55)58-49(45-57-51(54)42-36-30-24-19-13-15-21-27-33-39-47(4)5)44-56-50(53)41-35-29-23-17-10-8-9-14-20-26-32-38-46(2)3/h46-49H,7-45H2,1-6H3/t48?,49-/m0/s1. The van der Waals surface area contributed by atoms with Gasteiger partial charge in [0.05, 0.1) is 0 Å². The maximum absolute atomic E-state index is 12.8. The van der Waals surface area contributed by atoms with Crippen molar-refractivity contribution in [3.8, 4) is 0 Å². The Kier molecular flexibility index (Phi) is 42.3. The molecule has 0 fully saturated rings. The van der Waals surface area contributed by atoms with Crippen LogP contribution >= 0.6 is 0 Å². The van der Waals surface area contributed by atoms with E-state index in [1.54, 1.807) is 0 Å². The quantitative estimate of drug-likeness (QED) is 0.0346. The normalized spacial score (nSPS) is 12.6. The van der Waals surface area contributed by atoms with Crippen molar-refractivity contribution in [2.45, 2.75) is 285 Å². The lowest BCUT2D eigenvalue weighted by Gasteiger charge is -2.18. The van der Waals surface area contributed by atoms with Crippen molar-refractivity contribution < 1.29 is 28.6 Å². The minimum Gasteiger partial charge on any atom is -0.462 e. The van der Waals surface area contributed by atoms with Crippen molar-refractivity contribution in [2.75, 3.05) is 13.2 Å². The van der Waals surface area contributed by atoms with Crippen LogP contribution in [0, 0.1) is 17.8 Å². The smallest absolute Gasteiger partial charge is 0.306 e. The highest BCUT2D eigenvalue weighted by Gasteiger charge is 2.19. The van der Waals surface area contributed by atoms with Gasteiger partial charge in [-0.15, -0.1) is 0 Å². The Morgan fingerprint density at radius 3 is 0.897 bits per heavy atom. The molecule has 0 radical (unpaired) electrons. The molecule has 2 atom stereocenters. The Labute approximate surface area is 361 Å². The average molecular weight is 821 g/mol. The molecular weight excluding hydrogens is 721 g/mol. The molecule has 0 bridgehead atoms. The molecule has 0 aromatic rings. The Morgan fingerprint density at radius 1 is 0.345 bits per heavy atom. The first kappa shape index (κ1) is 56.4. The molecule has 1 unspecified atom stereocenters. The number of hydrogen-bond acceptors (Lipinski definition) is 6. The largest absolute Gasteiger partial charge is 0.462 e. The zero-order valence-corrected chi connectivity index (χ0v) is 39.8. The zero-order valence-electron chi connectivity index (χ0n) is 39.8. The molecule has 58 heavy (non-hydrogen) atoms. The van der Waals surface area contributed by atoms with Crippen LogP contribution in [0.25, 0.3) is 0 Å². The van der Waals surface area contributed by atoms with Gasteiger partial charge >= 0.3 is 17.9 Å². The molecular formula is C52H100O6. The molecule has 0 N–H and O–H groups in total. The number of carbonyl (C=O) groups is 3. The van der Waals surface area contributed by atoms with Gasteiger partial charge in [-0.1, -0.05) is 241 Å². The fraction of sp³-hybridized carbons (Fsp3) is 0.942. The molecule has 0 aliphatic heterocycles. The van der Waals surface area contributed by atoms with Crippen LogP contribution in [0.5, 0.6) is 0 Å². The third-order valence-corrected chi connectivity index (χ3v) is 12.0. The van der Waals surface area contributed by atoms with Gasteiger partial charge in [-0.25, -0.2) is 0 Å². The molecule has 0 aromatic heterocycles. The lowest BCUT2D eigenvalue weighted by Crippen LogP contribution is -2.30. The van der Waals surface area contributed by atoms with Crippen LogP contribution in [-0.2, 0) is 28.6 Å². The monoisotopic (exact) mass is 821 g/mol. The summed E-state index contributed by atoms with van der Waals surface area (Å²) in [5, 5.41) is 0. The highest BCUT2D eigenvalue weighted by molar-refractivity contribution is 5.71. The number of rotatable bonds is 45. The Morgan fingerprint density at radius 2 is 0.603 bits per heavy atom. The number of unbranched alkanes of at least 4 members (excludes halogenated alkanes) is 27. The summed E-state index contributed by atoms with van der Waals surface area (Å²) in [6.45, 7) is 13.7. The summed E-state index contributed by atoms with van der Waals surface area (Å²) >= 11 is 0. The molecule has 0 saturated carbocycles. The Balaban J connectivity index is 4.34. The van der Waals surface area contributed by atoms with Crippen LogP contribution < -0.4 is 0 Å². The van der Waals surface area contributed by atoms with Crippen LogP contribution in [0.15, 0.2) is 0 Å². The lowest BCUT2D eigenvalue weighted by molar-refractivity contribution is -0.167. The maximum Gasteiger partial charge on any atom is 0.306 e. The van der Waals surface area contributed by atoms with E-state index in [2.05, 4.69) is 41.5 Å². The van der Waals surface area contributed by atoms with E-state index in [4.69, 9.17) is 14.2 Å². The Bertz CT molecular complexity index is 900. The second-order valence-corrected chi connectivity index (χ2v) is 19.0. The van der Waals surface area contributed by atoms with E-state index in [1.807, 2.05) is 0 Å². The van der Waals surface area contributed by atoms with Crippen LogP contribution in [0.1, 0.15) is 279 Å². The molecule has 6 heteroatoms. The van der Waals surface area contributed by atoms with Crippen molar-refractivity contribution in [1.29, 1.82) is 0 Å². The second kappa shape index (κ2) is 43.5. The zero-order chi connectivity index (χ0) is 42.7. The van der Waals surface area contributed by atoms with Crippen molar-refractivity contribution >= 4 is 17.9 Å². The van der Waals surface area contributed by atoms with E-state index in [9.17, 15) is 14.4 Å². The summed E-state index contributed by atoms with van der Waals surface area (Å²) in [5.41, 5.74) is 0. The molecule has 0 rings (SSSR count). The summed E-state index contributed by atoms with van der Waals surface area (Å²) in [6, 6.07) is 0. The predicted molar refractivity (Wildman–Crippen MR) is 247 cm³/mol. The maximum atomic E-state index is 12.8. The fourth-order valence-electron chi connectivity index (χ4n) is 7.73. The molecule has 0 aromatic carbocycles. The van der Waals surface area contributed by atoms with Crippen LogP contribution in [0.4, 0.5) is 0 Å². The molecule has 0 aliphatic carbocycles. The first-order valence-electron chi connectivity index (χ1n) is 25.6. The lowest BCUT2D eigenvalue weighted by atomic mass is 9.99. The van der Waals surface area contributed by atoms with Crippen molar-refractivity contribution in [3.63, 3.8) is 0 Å². The molecule has 0 saturated heterocycles. The first-order valence-corrected chi connectivity index (χ1v) is 25.6. The number of ether oxygens (including phenoxy) is 3. The van der Waals surface area contributed by atoms with Gasteiger partial charge in [-0.2, -0.15) is 0 Å². The van der Waals surface area contributed by atoms with Crippen LogP contribution in [-0.4, -0.2) is 37.2 Å². The van der Waals surface area contributed by atoms with Crippen molar-refractivity contribution in [1.82, 2.24) is 0 Å². The number of hydrogen-bond donors (Lipinski definition) is 0. The summed E-state index contributed by atoms with van der Waals surface area (Å²) in [7, 11) is 0. The molecule has 344 valence electrons. The molecule has 0 spiro atoms. The van der Waals surface area contributed by atoms with E-state index in [1.165, 1.54) is 161 Å². The topological polar surface area (TPSA) is 78.9 Å². The van der Waals surface area contributed by atoms with Crippen molar-refractivity contribution in [3.05, 3.63) is 0 Å². The highest BCUT2D eigenvalue weighted by Crippen LogP contribution is 2.18. The molecule has 6 nitrogen and oxygen atoms in total. The number of carbonyl (C=O) groups excluding carboxylic acids is 3. The third-order valence-electron chi connectivity index (χ3n) is 12.0. The Hall–Kier alpha value is -1.59. The van der Waals surface area contributed by atoms with Gasteiger partial charge in [0.15, 0.2) is 6.10 Å². The second-order valence-electron chi connectivity index (χ2n) is 19.0. The predicted octanol–water partition coefficient (Wildman–Crippen LogP) is 16.4. The third kappa shape index (κ3) is 44.0. The first-order chi connectivity index (χ1) is 28.1. The highest BCUT2D eigenvalue weighted by atomic mass is 16.6. The van der Waals surface area contributed by atoms with Gasteiger partial charge in [-0.05, 0) is 37.0 Å². The van der Waals surface area contributed by atoms with Crippen LogP contribution in [0.3, 0.4) is 0 Å². The summed E-state index contributed by atoms with van der Waals surface area (Å²) in [6.07, 6.45) is 42.2.